The summed E-state index contributed by atoms with van der Waals surface area (Å²) in [6, 6.07) is 17.9. The summed E-state index contributed by atoms with van der Waals surface area (Å²) in [5.41, 5.74) is 6.19. The average molecular weight is 356 g/mol. The third kappa shape index (κ3) is 3.64. The van der Waals surface area contributed by atoms with Crippen LogP contribution in [-0.4, -0.2) is 32.8 Å². The summed E-state index contributed by atoms with van der Waals surface area (Å²) in [6.45, 7) is 0. The third-order valence-electron chi connectivity index (χ3n) is 3.06. The Bertz CT molecular complexity index is 751. The summed E-state index contributed by atoms with van der Waals surface area (Å²) in [7, 11) is 1.66. The summed E-state index contributed by atoms with van der Waals surface area (Å²) < 4.78 is 6.04. The van der Waals surface area contributed by atoms with Gasteiger partial charge in [0.15, 0.2) is 0 Å². The van der Waals surface area contributed by atoms with Gasteiger partial charge in [0.25, 0.3) is 0 Å². The quantitative estimate of drug-likeness (QED) is 0.434. The van der Waals surface area contributed by atoms with Crippen LogP contribution in [0.4, 0.5) is 4.69 Å². The van der Waals surface area contributed by atoms with Crippen molar-refractivity contribution in [1.82, 2.24) is 4.98 Å². The van der Waals surface area contributed by atoms with E-state index in [4.69, 9.17) is 4.74 Å². The number of benzene rings is 2. The molecule has 0 atom stereocenters. The van der Waals surface area contributed by atoms with Crippen molar-refractivity contribution in [3.8, 4) is 17.0 Å². The van der Waals surface area contributed by atoms with Crippen molar-refractivity contribution in [2.24, 2.45) is 5.10 Å². The molecule has 110 valence electrons. The second-order valence-electron chi connectivity index (χ2n) is 4.55. The monoisotopic (exact) mass is 357 g/mol. The zero-order valence-corrected chi connectivity index (χ0v) is 13.8. The average Bonchev–Trinajstić information content (AvgIpc) is 3.05. The number of hydrogen-bond donors (Lipinski definition) is 1. The third-order valence-corrected chi connectivity index (χ3v) is 4.63. The Morgan fingerprint density at radius 2 is 1.86 bits per heavy atom. The Labute approximate surface area is 135 Å². The molecule has 5 heteroatoms. The number of aromatic nitrogens is 1. The number of rotatable bonds is 5. The van der Waals surface area contributed by atoms with Crippen molar-refractivity contribution in [3.05, 3.63) is 65.1 Å². The van der Waals surface area contributed by atoms with E-state index in [-0.39, 0.29) is 14.5 Å². The van der Waals surface area contributed by atoms with E-state index in [1.165, 1.54) is 0 Å². The van der Waals surface area contributed by atoms with Gasteiger partial charge in [0.1, 0.15) is 0 Å². The summed E-state index contributed by atoms with van der Waals surface area (Å²) in [6.07, 6.45) is 1.78. The van der Waals surface area contributed by atoms with Crippen molar-refractivity contribution in [2.45, 2.75) is 0 Å². The van der Waals surface area contributed by atoms with Crippen molar-refractivity contribution >= 4 is 25.4 Å². The molecule has 3 aromatic rings. The van der Waals surface area contributed by atoms with Gasteiger partial charge >= 0.3 is 135 Å². The zero-order chi connectivity index (χ0) is 15.2. The van der Waals surface area contributed by atoms with Crippen LogP contribution in [-0.2, 0) is 0 Å². The van der Waals surface area contributed by atoms with Gasteiger partial charge in [0.2, 0.25) is 0 Å². The number of ether oxygens (including phenoxy) is 1. The standard InChI is InChI=1S/C17H15N3OSe/c1-21-15-9-7-13(8-10-15)11-18-20-17-19-16(12-22-17)14-5-3-2-4-6-14/h2-12H,1H3,(H,19,20). The zero-order valence-electron chi connectivity index (χ0n) is 12.1. The summed E-state index contributed by atoms with van der Waals surface area (Å²) in [5, 5.41) is 4.24. The van der Waals surface area contributed by atoms with Gasteiger partial charge in [-0.3, -0.25) is 0 Å². The van der Waals surface area contributed by atoms with Crippen LogP contribution in [0.15, 0.2) is 64.6 Å². The fraction of sp³-hybridized carbons (Fsp3) is 0.0588. The van der Waals surface area contributed by atoms with Crippen molar-refractivity contribution < 1.29 is 4.74 Å². The summed E-state index contributed by atoms with van der Waals surface area (Å²) in [5.74, 6) is 0.838. The van der Waals surface area contributed by atoms with Crippen LogP contribution in [0.25, 0.3) is 11.3 Å². The first-order chi connectivity index (χ1) is 10.8. The molecule has 0 spiro atoms. The van der Waals surface area contributed by atoms with Crippen molar-refractivity contribution in [2.75, 3.05) is 12.5 Å². The Balaban J connectivity index is 1.64. The van der Waals surface area contributed by atoms with Gasteiger partial charge < -0.3 is 0 Å². The van der Waals surface area contributed by atoms with Crippen LogP contribution in [0.5, 0.6) is 5.75 Å². The molecule has 22 heavy (non-hydrogen) atoms. The molecular weight excluding hydrogens is 341 g/mol. The Morgan fingerprint density at radius 1 is 1.09 bits per heavy atom. The maximum absolute atomic E-state index is 5.13. The van der Waals surface area contributed by atoms with E-state index in [1.807, 2.05) is 42.5 Å². The molecular formula is C17H15N3OSe. The van der Waals surface area contributed by atoms with Crippen LogP contribution >= 0.6 is 0 Å². The van der Waals surface area contributed by atoms with E-state index in [0.29, 0.717) is 0 Å². The van der Waals surface area contributed by atoms with Gasteiger partial charge in [-0.2, -0.15) is 0 Å². The van der Waals surface area contributed by atoms with Gasteiger partial charge in [-0.1, -0.05) is 0 Å². The molecule has 0 unspecified atom stereocenters. The Kier molecular flexibility index (Phi) is 4.68. The molecule has 4 nitrogen and oxygen atoms in total. The second kappa shape index (κ2) is 7.07. The SMILES string of the molecule is COc1ccc(C=NNc2nc(-c3ccccc3)c[se]2)cc1. The molecule has 3 rings (SSSR count). The first-order valence-corrected chi connectivity index (χ1v) is 8.64. The predicted molar refractivity (Wildman–Crippen MR) is 90.8 cm³/mol. The molecule has 1 aromatic heterocycles. The molecule has 0 aliphatic rings. The van der Waals surface area contributed by atoms with E-state index in [1.54, 1.807) is 13.3 Å². The van der Waals surface area contributed by atoms with Crippen molar-refractivity contribution in [1.29, 1.82) is 0 Å². The molecule has 0 fully saturated rings. The predicted octanol–water partition coefficient (Wildman–Crippen LogP) is 3.26. The molecule has 0 aliphatic heterocycles. The van der Waals surface area contributed by atoms with Crippen LogP contribution in [0.3, 0.4) is 0 Å². The fourth-order valence-electron chi connectivity index (χ4n) is 1.92. The van der Waals surface area contributed by atoms with E-state index < -0.39 is 0 Å². The van der Waals surface area contributed by atoms with Crippen LogP contribution in [0.1, 0.15) is 5.56 Å². The van der Waals surface area contributed by atoms with Crippen LogP contribution in [0.2, 0.25) is 0 Å². The van der Waals surface area contributed by atoms with Gasteiger partial charge in [-0.15, -0.1) is 0 Å². The number of hydrazone groups is 1. The minimum atomic E-state index is 0.197. The molecule has 0 saturated carbocycles. The molecule has 1 N–H and O–H groups in total. The van der Waals surface area contributed by atoms with E-state index in [2.05, 4.69) is 32.6 Å². The van der Waals surface area contributed by atoms with Gasteiger partial charge in [0, 0.05) is 0 Å². The summed E-state index contributed by atoms with van der Waals surface area (Å²) >= 11 is 0.197. The van der Waals surface area contributed by atoms with E-state index in [0.717, 1.165) is 27.3 Å². The number of nitrogens with zero attached hydrogens (tertiary/aromatic N) is 2. The number of hydrogen-bond acceptors (Lipinski definition) is 4. The number of anilines is 1. The Hall–Kier alpha value is -2.36. The minimum absolute atomic E-state index is 0.197. The van der Waals surface area contributed by atoms with Crippen LogP contribution in [0, 0.1) is 0 Å². The topological polar surface area (TPSA) is 46.5 Å². The van der Waals surface area contributed by atoms with Crippen LogP contribution < -0.4 is 10.2 Å². The summed E-state index contributed by atoms with van der Waals surface area (Å²) in [4.78, 5) is 6.74. The molecule has 0 aliphatic carbocycles. The van der Waals surface area contributed by atoms with Gasteiger partial charge in [-0.25, -0.2) is 0 Å². The fourth-order valence-corrected chi connectivity index (χ4v) is 3.32. The second-order valence-corrected chi connectivity index (χ2v) is 6.35. The number of methoxy groups -OCH3 is 1. The molecule has 1 heterocycles. The molecule has 0 saturated heterocycles. The van der Waals surface area contributed by atoms with Gasteiger partial charge in [-0.05, 0) is 0 Å². The maximum atomic E-state index is 5.13. The van der Waals surface area contributed by atoms with Crippen molar-refractivity contribution in [3.63, 3.8) is 0 Å². The van der Waals surface area contributed by atoms with E-state index in [9.17, 15) is 0 Å². The van der Waals surface area contributed by atoms with E-state index >= 15 is 0 Å². The Morgan fingerprint density at radius 3 is 2.59 bits per heavy atom. The molecule has 0 radical (unpaired) electrons. The first-order valence-electron chi connectivity index (χ1n) is 6.79. The normalized spacial score (nSPS) is 10.8. The number of nitrogens with one attached hydrogen (secondary N) is 1. The molecule has 0 amide bonds. The molecule has 0 bridgehead atoms. The van der Waals surface area contributed by atoms with Gasteiger partial charge in [0.05, 0.1) is 0 Å². The molecule has 2 aromatic carbocycles. The first kappa shape index (κ1) is 14.6.